The van der Waals surface area contributed by atoms with Gasteiger partial charge < -0.3 is 15.2 Å². The van der Waals surface area contributed by atoms with E-state index in [0.29, 0.717) is 17.2 Å². The van der Waals surface area contributed by atoms with Gasteiger partial charge in [0.05, 0.1) is 5.69 Å². The van der Waals surface area contributed by atoms with Gasteiger partial charge in [0.25, 0.3) is 5.69 Å². The molecule has 4 aromatic carbocycles. The number of rotatable bonds is 6. The maximum atomic E-state index is 11.6. The summed E-state index contributed by atoms with van der Waals surface area (Å²) in [6.07, 6.45) is 0. The first kappa shape index (κ1) is 26.4. The third kappa shape index (κ3) is 6.91. The van der Waals surface area contributed by atoms with Gasteiger partial charge in [-0.3, -0.25) is 0 Å². The highest BCUT2D eigenvalue weighted by Crippen LogP contribution is 2.32. The molecule has 0 aliphatic heterocycles. The monoisotopic (exact) mass is 506 g/mol. The zero-order valence-corrected chi connectivity index (χ0v) is 21.0. The second-order valence-electron chi connectivity index (χ2n) is 8.08. The quantitative estimate of drug-likeness (QED) is 0.327. The van der Waals surface area contributed by atoms with Gasteiger partial charge in [-0.1, -0.05) is 48.0 Å². The lowest BCUT2D eigenvalue weighted by atomic mass is 10.1. The molecular weight excluding hydrogens is 478 g/mol. The molecule has 5 N–H and O–H groups in total. The number of para-hydroxylation sites is 3. The first-order valence-electron chi connectivity index (χ1n) is 11.0. The molecule has 0 bridgehead atoms. The number of hydrogen-bond donors (Lipinski definition) is 3. The van der Waals surface area contributed by atoms with E-state index in [9.17, 15) is 13.3 Å². The predicted molar refractivity (Wildman–Crippen MR) is 140 cm³/mol. The first-order chi connectivity index (χ1) is 17.1. The zero-order valence-electron chi connectivity index (χ0n) is 20.2. The molecule has 0 fully saturated rings. The van der Waals surface area contributed by atoms with E-state index in [0.717, 1.165) is 28.5 Å². The van der Waals surface area contributed by atoms with Crippen LogP contribution in [0.1, 0.15) is 16.7 Å². The fraction of sp³-hybridized carbons (Fsp3) is 0.111. The number of ether oxygens (including phenoxy) is 2. The van der Waals surface area contributed by atoms with E-state index >= 15 is 0 Å². The Bertz CT molecular complexity index is 1440. The second-order valence-corrected chi connectivity index (χ2v) is 9.61. The number of nitroso groups, excluding NO2 is 1. The maximum absolute atomic E-state index is 11.6. The third-order valence-corrected chi connectivity index (χ3v) is 6.08. The Morgan fingerprint density at radius 1 is 0.694 bits per heavy atom. The Kier molecular flexibility index (Phi) is 8.42. The minimum absolute atomic E-state index is 0.0726. The molecule has 0 unspecified atom stereocenters. The van der Waals surface area contributed by atoms with Gasteiger partial charge in [-0.05, 0) is 62.2 Å². The molecule has 186 valence electrons. The van der Waals surface area contributed by atoms with Gasteiger partial charge in [0.2, 0.25) is 10.0 Å². The number of aryl methyl sites for hydroxylation is 3. The number of benzene rings is 4. The zero-order chi connectivity index (χ0) is 26.3. The smallest absolute Gasteiger partial charge is 0.254 e. The van der Waals surface area contributed by atoms with Crippen molar-refractivity contribution in [1.82, 2.24) is 0 Å². The topological polar surface area (TPSA) is 136 Å². The Labute approximate surface area is 210 Å². The Morgan fingerprint density at radius 3 is 1.89 bits per heavy atom. The van der Waals surface area contributed by atoms with Crippen LogP contribution in [0.15, 0.2) is 89.8 Å². The summed E-state index contributed by atoms with van der Waals surface area (Å²) in [4.78, 5) is 10.4. The summed E-state index contributed by atoms with van der Waals surface area (Å²) in [5.41, 5.74) is 9.56. The Morgan fingerprint density at radius 2 is 1.28 bits per heavy atom. The van der Waals surface area contributed by atoms with E-state index in [1.54, 1.807) is 11.2 Å². The molecule has 0 spiro atoms. The molecule has 0 saturated carbocycles. The van der Waals surface area contributed by atoms with Gasteiger partial charge in [-0.25, -0.2) is 13.6 Å². The number of primary sulfonamides is 1. The highest BCUT2D eigenvalue weighted by molar-refractivity contribution is 7.89. The molecule has 0 radical (unpaired) electrons. The molecule has 0 saturated heterocycles. The van der Waals surface area contributed by atoms with E-state index in [4.69, 9.17) is 20.3 Å². The van der Waals surface area contributed by atoms with Crippen molar-refractivity contribution in [3.63, 3.8) is 0 Å². The minimum atomic E-state index is -4.01. The van der Waals surface area contributed by atoms with Gasteiger partial charge in [-0.15, -0.1) is 0 Å². The summed E-state index contributed by atoms with van der Waals surface area (Å²) < 4.78 is 34.6. The van der Waals surface area contributed by atoms with Crippen LogP contribution in [0.25, 0.3) is 0 Å². The first-order valence-corrected chi connectivity index (χ1v) is 12.5. The molecule has 4 aromatic rings. The largest absolute Gasteiger partial charge is 0.456 e. The van der Waals surface area contributed by atoms with Gasteiger partial charge in [0.15, 0.2) is 0 Å². The number of nitrogens with two attached hydrogens (primary N) is 2. The van der Waals surface area contributed by atoms with Crippen molar-refractivity contribution in [2.24, 2.45) is 5.14 Å². The molecule has 9 heteroatoms. The van der Waals surface area contributed by atoms with Crippen molar-refractivity contribution in [3.05, 3.63) is 107 Å². The Hall–Kier alpha value is -4.21. The second kappa shape index (κ2) is 11.5. The fourth-order valence-electron chi connectivity index (χ4n) is 3.27. The summed E-state index contributed by atoms with van der Waals surface area (Å²) in [5.74, 6) is 2.14. The highest BCUT2D eigenvalue weighted by atomic mass is 32.2. The summed E-state index contributed by atoms with van der Waals surface area (Å²) >= 11 is 0. The summed E-state index contributed by atoms with van der Waals surface area (Å²) in [6, 6.07) is 24.8. The third-order valence-electron chi connectivity index (χ3n) is 5.15. The minimum Gasteiger partial charge on any atom is -0.456 e. The normalized spacial score (nSPS) is 10.7. The SMILES string of the molecule is Cc1ccc(Oc2ccc([NH+]=O)cc2S(N)(=O)=O)c(C)c1.Cc1ccccc1Oc1ccccc1N. The van der Waals surface area contributed by atoms with Crippen molar-refractivity contribution in [2.75, 3.05) is 5.73 Å². The number of nitrogen functional groups attached to an aromatic ring is 1. The standard InChI is InChI=1S/C14H14N2O4S.C13H13NO/c1-9-3-5-12(10(2)7-9)20-13-6-4-11(16-17)8-14(13)21(15,18)19;1-10-6-2-4-8-12(10)15-13-9-5-3-7-11(13)14/h3-8H,1-2H3,(H2,15,18,19);2-9H,14H2,1H3/p+1. The molecule has 0 aromatic heterocycles. The lowest BCUT2D eigenvalue weighted by Crippen LogP contribution is -2.55. The van der Waals surface area contributed by atoms with Crippen molar-refractivity contribution in [1.29, 1.82) is 0 Å². The predicted octanol–water partition coefficient (Wildman–Crippen LogP) is 4.59. The number of hydrogen-bond acceptors (Lipinski definition) is 6. The van der Waals surface area contributed by atoms with Gasteiger partial charge >= 0.3 is 0 Å². The Balaban J connectivity index is 0.000000212. The average molecular weight is 507 g/mol. The van der Waals surface area contributed by atoms with Crippen LogP contribution in [0, 0.1) is 25.7 Å². The van der Waals surface area contributed by atoms with Crippen LogP contribution in [-0.2, 0) is 10.0 Å². The molecule has 0 heterocycles. The van der Waals surface area contributed by atoms with Gasteiger partial charge in [-0.2, -0.15) is 0 Å². The fourth-order valence-corrected chi connectivity index (χ4v) is 3.95. The van der Waals surface area contributed by atoms with E-state index in [1.807, 2.05) is 81.4 Å². The average Bonchev–Trinajstić information content (AvgIpc) is 2.83. The van der Waals surface area contributed by atoms with Gasteiger partial charge in [0, 0.05) is 22.2 Å². The molecular formula is C27H28N3O5S+. The molecule has 8 nitrogen and oxygen atoms in total. The van der Waals surface area contributed by atoms with Crippen molar-refractivity contribution < 1.29 is 23.1 Å². The highest BCUT2D eigenvalue weighted by Gasteiger charge is 2.19. The molecule has 36 heavy (non-hydrogen) atoms. The van der Waals surface area contributed by atoms with Gasteiger partial charge in [0.1, 0.15) is 27.9 Å². The van der Waals surface area contributed by atoms with Crippen LogP contribution in [0.4, 0.5) is 11.4 Å². The molecule has 0 aliphatic carbocycles. The van der Waals surface area contributed by atoms with E-state index in [-0.39, 0.29) is 16.3 Å². The molecule has 0 amide bonds. The van der Waals surface area contributed by atoms with Crippen LogP contribution in [-0.4, -0.2) is 8.42 Å². The molecule has 4 rings (SSSR count). The van der Waals surface area contributed by atoms with Crippen LogP contribution in [0.2, 0.25) is 0 Å². The van der Waals surface area contributed by atoms with E-state index < -0.39 is 10.0 Å². The van der Waals surface area contributed by atoms with E-state index in [2.05, 4.69) is 0 Å². The van der Waals surface area contributed by atoms with Crippen molar-refractivity contribution >= 4 is 21.4 Å². The molecule has 0 atom stereocenters. The van der Waals surface area contributed by atoms with E-state index in [1.165, 1.54) is 12.1 Å². The van der Waals surface area contributed by atoms with Crippen molar-refractivity contribution in [2.45, 2.75) is 25.7 Å². The maximum Gasteiger partial charge on any atom is 0.254 e. The summed E-state index contributed by atoms with van der Waals surface area (Å²) in [5, 5.41) is 6.78. The lowest BCUT2D eigenvalue weighted by molar-refractivity contribution is -0.379. The summed E-state index contributed by atoms with van der Waals surface area (Å²) in [7, 11) is -4.01. The number of sulfonamides is 1. The van der Waals surface area contributed by atoms with Crippen LogP contribution < -0.4 is 25.5 Å². The molecule has 0 aliphatic rings. The van der Waals surface area contributed by atoms with Crippen LogP contribution in [0.3, 0.4) is 0 Å². The number of anilines is 1. The lowest BCUT2D eigenvalue weighted by Gasteiger charge is -2.11. The van der Waals surface area contributed by atoms with Crippen LogP contribution >= 0.6 is 0 Å². The summed E-state index contributed by atoms with van der Waals surface area (Å²) in [6.45, 7) is 5.81. The van der Waals surface area contributed by atoms with Crippen LogP contribution in [0.5, 0.6) is 23.0 Å². The van der Waals surface area contributed by atoms with Crippen molar-refractivity contribution in [3.8, 4) is 23.0 Å². The number of nitrogens with one attached hydrogen (secondary N) is 1.